The number of anilines is 3. The number of carbonyl (C=O) groups is 1. The minimum atomic E-state index is -0.156. The summed E-state index contributed by atoms with van der Waals surface area (Å²) >= 11 is 0. The lowest BCUT2D eigenvalue weighted by molar-refractivity contribution is 0.102. The molecule has 4 aromatic rings. The van der Waals surface area contributed by atoms with Crippen LogP contribution >= 0.6 is 0 Å². The van der Waals surface area contributed by atoms with Crippen LogP contribution < -0.4 is 16.0 Å². The molecule has 0 saturated heterocycles. The Morgan fingerprint density at radius 3 is 2.42 bits per heavy atom. The Kier molecular flexibility index (Phi) is 7.17. The maximum atomic E-state index is 12.9. The molecular weight excluding hydrogens is 450 g/mol. The normalized spacial score (nSPS) is 11.4. The van der Waals surface area contributed by atoms with Gasteiger partial charge in [0.05, 0.1) is 11.9 Å². The van der Waals surface area contributed by atoms with E-state index in [0.717, 1.165) is 45.9 Å². The highest BCUT2D eigenvalue weighted by atomic mass is 16.1. The second kappa shape index (κ2) is 10.3. The second-order valence-corrected chi connectivity index (χ2v) is 10.0. The van der Waals surface area contributed by atoms with Crippen molar-refractivity contribution in [2.75, 3.05) is 10.6 Å². The Morgan fingerprint density at radius 2 is 1.75 bits per heavy atom. The molecule has 36 heavy (non-hydrogen) atoms. The molecule has 186 valence electrons. The van der Waals surface area contributed by atoms with Crippen molar-refractivity contribution >= 4 is 23.2 Å². The number of nitrogens with zero attached hydrogens (tertiary/aromatic N) is 4. The number of rotatable bonds is 7. The van der Waals surface area contributed by atoms with Gasteiger partial charge in [0, 0.05) is 54.0 Å². The lowest BCUT2D eigenvalue weighted by Gasteiger charge is -2.21. The molecule has 0 saturated carbocycles. The molecule has 0 radical (unpaired) electrons. The molecule has 3 N–H and O–H groups in total. The second-order valence-electron chi connectivity index (χ2n) is 10.0. The van der Waals surface area contributed by atoms with Crippen LogP contribution in [-0.2, 0) is 13.6 Å². The smallest absolute Gasteiger partial charge is 0.255 e. The molecule has 0 aliphatic heterocycles. The van der Waals surface area contributed by atoms with Crippen LogP contribution in [0.4, 0.5) is 17.3 Å². The summed E-state index contributed by atoms with van der Waals surface area (Å²) in [6.07, 6.45) is 5.49. The molecule has 2 aromatic carbocycles. The van der Waals surface area contributed by atoms with Crippen LogP contribution in [0.25, 0.3) is 11.3 Å². The van der Waals surface area contributed by atoms with E-state index in [9.17, 15) is 4.79 Å². The molecule has 0 bridgehead atoms. The fourth-order valence-electron chi connectivity index (χ4n) is 3.65. The van der Waals surface area contributed by atoms with Gasteiger partial charge >= 0.3 is 0 Å². The molecule has 4 rings (SSSR count). The van der Waals surface area contributed by atoms with Gasteiger partial charge in [-0.15, -0.1) is 0 Å². The van der Waals surface area contributed by atoms with Crippen molar-refractivity contribution in [3.05, 3.63) is 83.3 Å². The van der Waals surface area contributed by atoms with Crippen LogP contribution in [0.15, 0.2) is 61.1 Å². The molecule has 8 nitrogen and oxygen atoms in total. The van der Waals surface area contributed by atoms with E-state index in [1.54, 1.807) is 29.2 Å². The van der Waals surface area contributed by atoms with Gasteiger partial charge in [0.2, 0.25) is 5.95 Å². The first kappa shape index (κ1) is 25.1. The highest BCUT2D eigenvalue weighted by Crippen LogP contribution is 2.23. The SMILES string of the molecule is Cc1ccc(CNC(C)(C)C)cc1NC(=O)c1ccc(Nc2ncc(C)c(-c3cnn(C)c3)n2)cc1. The van der Waals surface area contributed by atoms with Gasteiger partial charge in [0.25, 0.3) is 5.91 Å². The molecule has 0 atom stereocenters. The van der Waals surface area contributed by atoms with Crippen molar-refractivity contribution in [1.29, 1.82) is 0 Å². The number of hydrogen-bond acceptors (Lipinski definition) is 6. The van der Waals surface area contributed by atoms with Crippen molar-refractivity contribution in [2.45, 2.75) is 46.7 Å². The largest absolute Gasteiger partial charge is 0.324 e. The molecule has 0 fully saturated rings. The number of benzene rings is 2. The molecule has 2 aromatic heterocycles. The van der Waals surface area contributed by atoms with Gasteiger partial charge in [-0.25, -0.2) is 9.97 Å². The molecular formula is C28H33N7O. The molecule has 8 heteroatoms. The standard InChI is InChI=1S/C28H33N7O/c1-18-7-8-20(15-30-28(3,4)5)13-24(18)33-26(36)21-9-11-23(12-10-21)32-27-29-14-19(2)25(34-27)22-16-31-35(6)17-22/h7-14,16-17,30H,15H2,1-6H3,(H,33,36)(H,29,32,34). The van der Waals surface area contributed by atoms with Crippen LogP contribution in [-0.4, -0.2) is 31.2 Å². The van der Waals surface area contributed by atoms with Crippen molar-refractivity contribution in [3.8, 4) is 11.3 Å². The molecule has 1 amide bonds. The third-order valence-corrected chi connectivity index (χ3v) is 5.73. The zero-order valence-corrected chi connectivity index (χ0v) is 21.7. The van der Waals surface area contributed by atoms with E-state index in [-0.39, 0.29) is 11.4 Å². The predicted octanol–water partition coefficient (Wildman–Crippen LogP) is 5.38. The van der Waals surface area contributed by atoms with Crippen LogP contribution in [0.1, 0.15) is 47.8 Å². The number of nitrogens with one attached hydrogen (secondary N) is 3. The zero-order chi connectivity index (χ0) is 25.9. The quantitative estimate of drug-likeness (QED) is 0.327. The first-order valence-electron chi connectivity index (χ1n) is 11.9. The molecule has 0 aliphatic carbocycles. The van der Waals surface area contributed by atoms with E-state index in [2.05, 4.69) is 57.9 Å². The molecule has 0 unspecified atom stereocenters. The maximum Gasteiger partial charge on any atom is 0.255 e. The van der Waals surface area contributed by atoms with Gasteiger partial charge in [-0.1, -0.05) is 12.1 Å². The third kappa shape index (κ3) is 6.34. The Labute approximate surface area is 212 Å². The Balaban J connectivity index is 1.44. The predicted molar refractivity (Wildman–Crippen MR) is 144 cm³/mol. The summed E-state index contributed by atoms with van der Waals surface area (Å²) < 4.78 is 1.74. The van der Waals surface area contributed by atoms with Crippen LogP contribution in [0.5, 0.6) is 0 Å². The summed E-state index contributed by atoms with van der Waals surface area (Å²) in [4.78, 5) is 22.0. The average Bonchev–Trinajstić information content (AvgIpc) is 3.26. The highest BCUT2D eigenvalue weighted by molar-refractivity contribution is 6.04. The number of hydrogen-bond donors (Lipinski definition) is 3. The van der Waals surface area contributed by atoms with Gasteiger partial charge in [0.1, 0.15) is 0 Å². The fraction of sp³-hybridized carbons (Fsp3) is 0.286. The van der Waals surface area contributed by atoms with Crippen molar-refractivity contribution < 1.29 is 4.79 Å². The number of aromatic nitrogens is 4. The summed E-state index contributed by atoms with van der Waals surface area (Å²) in [5.74, 6) is 0.323. The first-order chi connectivity index (χ1) is 17.1. The average molecular weight is 484 g/mol. The van der Waals surface area contributed by atoms with E-state index in [1.807, 2.05) is 51.4 Å². The number of amides is 1. The minimum absolute atomic E-state index is 0.0218. The third-order valence-electron chi connectivity index (χ3n) is 5.73. The van der Waals surface area contributed by atoms with Crippen molar-refractivity contribution in [2.24, 2.45) is 7.05 Å². The van der Waals surface area contributed by atoms with Gasteiger partial charge in [0.15, 0.2) is 0 Å². The van der Waals surface area contributed by atoms with Gasteiger partial charge in [-0.3, -0.25) is 9.48 Å². The van der Waals surface area contributed by atoms with Crippen LogP contribution in [0.3, 0.4) is 0 Å². The van der Waals surface area contributed by atoms with E-state index in [4.69, 9.17) is 0 Å². The lowest BCUT2D eigenvalue weighted by atomic mass is 10.1. The summed E-state index contributed by atoms with van der Waals surface area (Å²) in [6, 6.07) is 13.4. The zero-order valence-electron chi connectivity index (χ0n) is 21.7. The molecule has 0 spiro atoms. The van der Waals surface area contributed by atoms with Crippen LogP contribution in [0.2, 0.25) is 0 Å². The summed E-state index contributed by atoms with van der Waals surface area (Å²) in [5, 5.41) is 14.0. The van der Waals surface area contributed by atoms with E-state index in [1.165, 1.54) is 0 Å². The van der Waals surface area contributed by atoms with Gasteiger partial charge < -0.3 is 16.0 Å². The Morgan fingerprint density at radius 1 is 1.00 bits per heavy atom. The Hall–Kier alpha value is -4.04. The minimum Gasteiger partial charge on any atom is -0.324 e. The van der Waals surface area contributed by atoms with E-state index < -0.39 is 0 Å². The summed E-state index contributed by atoms with van der Waals surface area (Å²) in [7, 11) is 1.87. The summed E-state index contributed by atoms with van der Waals surface area (Å²) in [5.41, 5.74) is 7.05. The lowest BCUT2D eigenvalue weighted by Crippen LogP contribution is -2.35. The molecule has 0 aliphatic rings. The molecule has 2 heterocycles. The van der Waals surface area contributed by atoms with Gasteiger partial charge in [-0.2, -0.15) is 5.10 Å². The highest BCUT2D eigenvalue weighted by Gasteiger charge is 2.12. The van der Waals surface area contributed by atoms with Crippen LogP contribution in [0, 0.1) is 13.8 Å². The van der Waals surface area contributed by atoms with E-state index >= 15 is 0 Å². The maximum absolute atomic E-state index is 12.9. The van der Waals surface area contributed by atoms with Crippen molar-refractivity contribution in [1.82, 2.24) is 25.1 Å². The number of carbonyl (C=O) groups excluding carboxylic acids is 1. The monoisotopic (exact) mass is 483 g/mol. The van der Waals surface area contributed by atoms with Crippen molar-refractivity contribution in [3.63, 3.8) is 0 Å². The van der Waals surface area contributed by atoms with E-state index in [0.29, 0.717) is 11.5 Å². The number of aryl methyl sites for hydroxylation is 3. The van der Waals surface area contributed by atoms with Gasteiger partial charge in [-0.05, 0) is 81.6 Å². The summed E-state index contributed by atoms with van der Waals surface area (Å²) in [6.45, 7) is 11.1. The Bertz CT molecular complexity index is 1370. The first-order valence-corrected chi connectivity index (χ1v) is 11.9. The fourth-order valence-corrected chi connectivity index (χ4v) is 3.65. The topological polar surface area (TPSA) is 96.8 Å².